The molecular weight excluding hydrogens is 318 g/mol. The van der Waals surface area contributed by atoms with E-state index in [1.165, 1.54) is 48.8 Å². The van der Waals surface area contributed by atoms with Crippen LogP contribution in [0.3, 0.4) is 0 Å². The minimum atomic E-state index is -0.0774. The van der Waals surface area contributed by atoms with E-state index in [0.717, 1.165) is 18.2 Å². The number of fused-ring (bicyclic) bond motifs is 1. The number of hydrogen-bond donors (Lipinski definition) is 0. The lowest BCUT2D eigenvalue weighted by atomic mass is 9.77. The Labute approximate surface area is 157 Å². The molecule has 0 atom stereocenters. The first-order valence-electron chi connectivity index (χ1n) is 10.1. The predicted molar refractivity (Wildman–Crippen MR) is 107 cm³/mol. The smallest absolute Gasteiger partial charge is 0.287 e. The molecule has 2 aromatic rings. The Hall–Kier alpha value is -2.09. The summed E-state index contributed by atoms with van der Waals surface area (Å²) in [5, 5.41) is 0. The van der Waals surface area contributed by atoms with Crippen LogP contribution in [0.4, 0.5) is 0 Å². The molecule has 1 aliphatic carbocycles. The van der Waals surface area contributed by atoms with Crippen LogP contribution in [0.25, 0.3) is 0 Å². The number of nitrogens with zero attached hydrogens (tertiary/aromatic N) is 1. The summed E-state index contributed by atoms with van der Waals surface area (Å²) in [5.74, 6) is 1.88. The van der Waals surface area contributed by atoms with E-state index in [0.29, 0.717) is 6.73 Å². The molecule has 0 bridgehead atoms. The molecule has 0 radical (unpaired) electrons. The molecule has 0 spiro atoms. The summed E-state index contributed by atoms with van der Waals surface area (Å²) in [7, 11) is 0. The lowest BCUT2D eigenvalue weighted by Gasteiger charge is -2.30. The fourth-order valence-electron chi connectivity index (χ4n) is 4.51. The molecule has 1 heterocycles. The zero-order valence-corrected chi connectivity index (χ0v) is 16.1. The van der Waals surface area contributed by atoms with Crippen LogP contribution in [0.2, 0.25) is 0 Å². The summed E-state index contributed by atoms with van der Waals surface area (Å²) in [4.78, 5) is 0. The predicted octanol–water partition coefficient (Wildman–Crippen LogP) is 5.37. The van der Waals surface area contributed by atoms with Gasteiger partial charge in [0.15, 0.2) is 6.21 Å². The van der Waals surface area contributed by atoms with E-state index in [9.17, 15) is 0 Å². The van der Waals surface area contributed by atoms with E-state index in [2.05, 4.69) is 73.2 Å². The van der Waals surface area contributed by atoms with Gasteiger partial charge in [-0.25, -0.2) is 4.58 Å². The summed E-state index contributed by atoms with van der Waals surface area (Å²) in [6, 6.07) is 17.3. The third kappa shape index (κ3) is 3.42. The Kier molecular flexibility index (Phi) is 4.84. The highest BCUT2D eigenvalue weighted by Gasteiger charge is 2.31. The largest absolute Gasteiger partial charge is 0.435 e. The van der Waals surface area contributed by atoms with Crippen molar-refractivity contribution in [3.8, 4) is 5.75 Å². The van der Waals surface area contributed by atoms with Gasteiger partial charge >= 0.3 is 0 Å². The van der Waals surface area contributed by atoms with Crippen LogP contribution in [0.15, 0.2) is 48.5 Å². The highest BCUT2D eigenvalue weighted by Crippen LogP contribution is 2.39. The van der Waals surface area contributed by atoms with Gasteiger partial charge in [0.2, 0.25) is 0 Å². The fourth-order valence-corrected chi connectivity index (χ4v) is 4.51. The number of ether oxygens (including phenoxy) is 1. The first kappa shape index (κ1) is 17.3. The number of hydrogen-bond acceptors (Lipinski definition) is 1. The fraction of sp³-hybridized carbons (Fsp3) is 0.458. The lowest BCUT2D eigenvalue weighted by Crippen LogP contribution is -2.31. The van der Waals surface area contributed by atoms with Crippen LogP contribution >= 0.6 is 0 Å². The second-order valence-corrected chi connectivity index (χ2v) is 8.39. The minimum Gasteiger partial charge on any atom is -0.435 e. The van der Waals surface area contributed by atoms with Gasteiger partial charge in [0.25, 0.3) is 6.73 Å². The third-order valence-corrected chi connectivity index (χ3v) is 6.13. The molecule has 0 unspecified atom stereocenters. The van der Waals surface area contributed by atoms with E-state index in [-0.39, 0.29) is 5.41 Å². The van der Waals surface area contributed by atoms with E-state index in [1.54, 1.807) is 0 Å². The molecule has 1 aliphatic heterocycles. The maximum Gasteiger partial charge on any atom is 0.287 e. The molecule has 0 saturated heterocycles. The summed E-state index contributed by atoms with van der Waals surface area (Å²) >= 11 is 0. The van der Waals surface area contributed by atoms with Crippen molar-refractivity contribution in [1.82, 2.24) is 0 Å². The standard InChI is InChI=1S/C24H30NO/c1-24(2,21-13-7-4-8-14-21)22-15-9-12-20-17-25(18-26-23(20)22)16-19-10-5-3-6-11-19/h4,7-9,12-15,17,19H,3,5-6,10-11,16,18H2,1-2H3/q+1. The van der Waals surface area contributed by atoms with Crippen LogP contribution in [-0.2, 0) is 5.41 Å². The maximum atomic E-state index is 6.31. The number of benzene rings is 2. The minimum absolute atomic E-state index is 0.0774. The maximum absolute atomic E-state index is 6.31. The van der Waals surface area contributed by atoms with Crippen molar-refractivity contribution in [2.45, 2.75) is 51.4 Å². The van der Waals surface area contributed by atoms with E-state index in [1.807, 2.05) is 0 Å². The highest BCUT2D eigenvalue weighted by molar-refractivity contribution is 5.82. The van der Waals surface area contributed by atoms with Crippen LogP contribution < -0.4 is 4.74 Å². The van der Waals surface area contributed by atoms with E-state index < -0.39 is 0 Å². The van der Waals surface area contributed by atoms with Crippen molar-refractivity contribution in [2.24, 2.45) is 5.92 Å². The molecule has 4 rings (SSSR count). The lowest BCUT2D eigenvalue weighted by molar-refractivity contribution is -0.563. The van der Waals surface area contributed by atoms with Gasteiger partial charge in [0.05, 0.1) is 5.56 Å². The van der Waals surface area contributed by atoms with Gasteiger partial charge in [-0.2, -0.15) is 0 Å². The molecule has 2 aliphatic rings. The summed E-state index contributed by atoms with van der Waals surface area (Å²) in [6.07, 6.45) is 9.27. The molecule has 0 N–H and O–H groups in total. The summed E-state index contributed by atoms with van der Waals surface area (Å²) < 4.78 is 8.68. The van der Waals surface area contributed by atoms with Crippen LogP contribution in [0, 0.1) is 5.92 Å². The van der Waals surface area contributed by atoms with Crippen molar-refractivity contribution in [3.05, 3.63) is 65.2 Å². The number of rotatable bonds is 4. The zero-order valence-electron chi connectivity index (χ0n) is 16.1. The van der Waals surface area contributed by atoms with Gasteiger partial charge in [-0.1, -0.05) is 75.6 Å². The molecule has 1 fully saturated rings. The van der Waals surface area contributed by atoms with Gasteiger partial charge in [0, 0.05) is 16.9 Å². The second kappa shape index (κ2) is 7.26. The van der Waals surface area contributed by atoms with Gasteiger partial charge < -0.3 is 4.74 Å². The zero-order chi connectivity index (χ0) is 18.0. The number of para-hydroxylation sites is 1. The van der Waals surface area contributed by atoms with Gasteiger partial charge in [-0.15, -0.1) is 0 Å². The second-order valence-electron chi connectivity index (χ2n) is 8.39. The average Bonchev–Trinajstić information content (AvgIpc) is 2.69. The first-order valence-corrected chi connectivity index (χ1v) is 10.1. The van der Waals surface area contributed by atoms with Gasteiger partial charge in [-0.05, 0) is 24.5 Å². The van der Waals surface area contributed by atoms with E-state index >= 15 is 0 Å². The highest BCUT2D eigenvalue weighted by atomic mass is 16.5. The average molecular weight is 349 g/mol. The van der Waals surface area contributed by atoms with Crippen molar-refractivity contribution in [2.75, 3.05) is 13.3 Å². The SMILES string of the molecule is CC(C)(c1ccccc1)c1cccc2c1OC[N+](CC1CCCCC1)=C2. The monoisotopic (exact) mass is 348 g/mol. The Morgan fingerprint density at radius 3 is 2.50 bits per heavy atom. The summed E-state index contributed by atoms with van der Waals surface area (Å²) in [6.45, 7) is 6.38. The molecule has 1 saturated carbocycles. The Bertz CT molecular complexity index is 785. The molecular formula is C24H30NO+. The quantitative estimate of drug-likeness (QED) is 0.676. The Morgan fingerprint density at radius 1 is 0.962 bits per heavy atom. The third-order valence-electron chi connectivity index (χ3n) is 6.13. The molecule has 136 valence electrons. The molecule has 0 aromatic heterocycles. The Morgan fingerprint density at radius 2 is 1.73 bits per heavy atom. The van der Waals surface area contributed by atoms with E-state index in [4.69, 9.17) is 4.74 Å². The van der Waals surface area contributed by atoms with Crippen molar-refractivity contribution in [3.63, 3.8) is 0 Å². The van der Waals surface area contributed by atoms with Crippen LogP contribution in [0.1, 0.15) is 62.6 Å². The molecule has 0 amide bonds. The van der Waals surface area contributed by atoms with Crippen LogP contribution in [-0.4, -0.2) is 24.1 Å². The normalized spacial score (nSPS) is 18.0. The molecule has 2 nitrogen and oxygen atoms in total. The topological polar surface area (TPSA) is 12.2 Å². The van der Waals surface area contributed by atoms with Crippen molar-refractivity contribution >= 4 is 6.21 Å². The molecule has 26 heavy (non-hydrogen) atoms. The molecule has 2 heteroatoms. The van der Waals surface area contributed by atoms with Gasteiger partial charge in [0.1, 0.15) is 12.3 Å². The molecule has 2 aromatic carbocycles. The van der Waals surface area contributed by atoms with Crippen molar-refractivity contribution < 1.29 is 9.31 Å². The first-order chi connectivity index (χ1) is 12.6. The Balaban J connectivity index is 1.62. The van der Waals surface area contributed by atoms with Crippen molar-refractivity contribution in [1.29, 1.82) is 0 Å². The van der Waals surface area contributed by atoms with Gasteiger partial charge in [-0.3, -0.25) is 0 Å². The van der Waals surface area contributed by atoms with Crippen LogP contribution in [0.5, 0.6) is 5.75 Å². The summed E-state index contributed by atoms with van der Waals surface area (Å²) in [5.41, 5.74) is 3.73.